The number of rotatable bonds is 2. The molecule has 1 N–H and O–H groups in total. The molecule has 0 radical (unpaired) electrons. The number of aromatic nitrogens is 1. The first kappa shape index (κ1) is 11.6. The van der Waals surface area contributed by atoms with E-state index in [9.17, 15) is 18.0 Å². The van der Waals surface area contributed by atoms with Crippen molar-refractivity contribution in [1.29, 1.82) is 0 Å². The van der Waals surface area contributed by atoms with Gasteiger partial charge < -0.3 is 5.11 Å². The summed E-state index contributed by atoms with van der Waals surface area (Å²) in [6, 6.07) is 1.41. The Labute approximate surface area is 97.2 Å². The van der Waals surface area contributed by atoms with Gasteiger partial charge in [-0.2, -0.15) is 0 Å². The van der Waals surface area contributed by atoms with E-state index in [0.29, 0.717) is 6.07 Å². The normalized spacial score (nSPS) is 10.5. The number of carboxylic acid groups (broad SMARTS) is 1. The van der Waals surface area contributed by atoms with Crippen molar-refractivity contribution in [3.05, 3.63) is 40.7 Å². The molecule has 0 amide bonds. The van der Waals surface area contributed by atoms with E-state index in [0.717, 1.165) is 22.8 Å². The molecule has 17 heavy (non-hydrogen) atoms. The minimum Gasteiger partial charge on any atom is -0.476 e. The van der Waals surface area contributed by atoms with E-state index in [2.05, 4.69) is 4.98 Å². The lowest BCUT2D eigenvalue weighted by Crippen LogP contribution is -1.97. The molecule has 2 aromatic rings. The highest BCUT2D eigenvalue weighted by Gasteiger charge is 2.19. The van der Waals surface area contributed by atoms with Gasteiger partial charge in [-0.1, -0.05) is 0 Å². The maximum absolute atomic E-state index is 13.4. The predicted octanol–water partition coefficient (Wildman–Crippen LogP) is 2.93. The molecule has 88 valence electrons. The van der Waals surface area contributed by atoms with Crippen LogP contribution >= 0.6 is 11.3 Å². The quantitative estimate of drug-likeness (QED) is 0.843. The summed E-state index contributed by atoms with van der Waals surface area (Å²) in [5.74, 6) is -4.90. The number of halogens is 3. The third-order valence-corrected chi connectivity index (χ3v) is 2.84. The number of carboxylic acids is 1. The van der Waals surface area contributed by atoms with Crippen LogP contribution in [0.1, 0.15) is 10.5 Å². The molecule has 0 aliphatic rings. The van der Waals surface area contributed by atoms with Gasteiger partial charge in [-0.3, -0.25) is 0 Å². The minimum absolute atomic E-state index is 0.211. The van der Waals surface area contributed by atoms with E-state index in [-0.39, 0.29) is 10.7 Å². The summed E-state index contributed by atoms with van der Waals surface area (Å²) in [6.07, 6.45) is 0. The monoisotopic (exact) mass is 259 g/mol. The summed E-state index contributed by atoms with van der Waals surface area (Å²) in [6.45, 7) is 0. The van der Waals surface area contributed by atoms with Crippen LogP contribution in [0.4, 0.5) is 13.2 Å². The SMILES string of the molecule is O=C(O)c1csc(-c2c(F)ccc(F)c2F)n1. The Balaban J connectivity index is 2.60. The van der Waals surface area contributed by atoms with E-state index < -0.39 is 29.0 Å². The zero-order chi connectivity index (χ0) is 12.6. The highest BCUT2D eigenvalue weighted by Crippen LogP contribution is 2.30. The molecule has 2 rings (SSSR count). The van der Waals surface area contributed by atoms with E-state index in [1.807, 2.05) is 0 Å². The summed E-state index contributed by atoms with van der Waals surface area (Å²) in [5, 5.41) is 9.54. The molecular weight excluding hydrogens is 255 g/mol. The summed E-state index contributed by atoms with van der Waals surface area (Å²) < 4.78 is 39.6. The van der Waals surface area contributed by atoms with Gasteiger partial charge in [0.2, 0.25) is 0 Å². The molecule has 0 saturated carbocycles. The third-order valence-electron chi connectivity index (χ3n) is 1.98. The number of nitrogens with zero attached hydrogens (tertiary/aromatic N) is 1. The van der Waals surface area contributed by atoms with Crippen LogP contribution < -0.4 is 0 Å². The lowest BCUT2D eigenvalue weighted by atomic mass is 10.2. The molecule has 0 fully saturated rings. The van der Waals surface area contributed by atoms with Gasteiger partial charge in [0.05, 0.1) is 5.56 Å². The fourth-order valence-corrected chi connectivity index (χ4v) is 2.04. The lowest BCUT2D eigenvalue weighted by molar-refractivity contribution is 0.0691. The van der Waals surface area contributed by atoms with E-state index in [1.54, 1.807) is 0 Å². The topological polar surface area (TPSA) is 50.2 Å². The largest absolute Gasteiger partial charge is 0.476 e. The number of carbonyl (C=O) groups is 1. The van der Waals surface area contributed by atoms with Crippen LogP contribution in [0, 0.1) is 17.5 Å². The Kier molecular flexibility index (Phi) is 2.84. The highest BCUT2D eigenvalue weighted by molar-refractivity contribution is 7.13. The highest BCUT2D eigenvalue weighted by atomic mass is 32.1. The zero-order valence-electron chi connectivity index (χ0n) is 8.08. The van der Waals surface area contributed by atoms with Gasteiger partial charge in [0.1, 0.15) is 10.8 Å². The fourth-order valence-electron chi connectivity index (χ4n) is 1.21. The minimum atomic E-state index is -1.38. The van der Waals surface area contributed by atoms with Crippen molar-refractivity contribution >= 4 is 17.3 Å². The second-order valence-corrected chi connectivity index (χ2v) is 3.92. The molecule has 0 saturated heterocycles. The van der Waals surface area contributed by atoms with Crippen LogP contribution in [0.15, 0.2) is 17.5 Å². The maximum atomic E-state index is 13.4. The Morgan fingerprint density at radius 3 is 2.47 bits per heavy atom. The van der Waals surface area contributed by atoms with Crippen LogP contribution in [0.2, 0.25) is 0 Å². The molecule has 3 nitrogen and oxygen atoms in total. The standard InChI is InChI=1S/C10H4F3NO2S/c11-4-1-2-5(12)8(13)7(4)9-14-6(3-17-9)10(15)16/h1-3H,(H,15,16). The molecule has 1 aromatic heterocycles. The second-order valence-electron chi connectivity index (χ2n) is 3.06. The molecule has 0 atom stereocenters. The van der Waals surface area contributed by atoms with Crippen molar-refractivity contribution in [3.8, 4) is 10.6 Å². The van der Waals surface area contributed by atoms with Crippen LogP contribution in [0.3, 0.4) is 0 Å². The van der Waals surface area contributed by atoms with Crippen molar-refractivity contribution in [3.63, 3.8) is 0 Å². The molecule has 1 aromatic carbocycles. The number of thiazole rings is 1. The first-order valence-corrected chi connectivity index (χ1v) is 5.21. The summed E-state index contributed by atoms with van der Waals surface area (Å²) >= 11 is 0.729. The van der Waals surface area contributed by atoms with E-state index in [1.165, 1.54) is 0 Å². The molecular formula is C10H4F3NO2S. The second kappa shape index (κ2) is 4.17. The van der Waals surface area contributed by atoms with Crippen molar-refractivity contribution in [1.82, 2.24) is 4.98 Å². The smallest absolute Gasteiger partial charge is 0.355 e. The van der Waals surface area contributed by atoms with E-state index in [4.69, 9.17) is 5.11 Å². The van der Waals surface area contributed by atoms with Gasteiger partial charge in [-0.05, 0) is 12.1 Å². The Morgan fingerprint density at radius 1 is 1.24 bits per heavy atom. The van der Waals surface area contributed by atoms with Crippen molar-refractivity contribution in [2.45, 2.75) is 0 Å². The van der Waals surface area contributed by atoms with Crippen LogP contribution in [0.25, 0.3) is 10.6 Å². The number of hydrogen-bond acceptors (Lipinski definition) is 3. The number of hydrogen-bond donors (Lipinski definition) is 1. The summed E-state index contributed by atoms with van der Waals surface area (Å²) in [4.78, 5) is 14.1. The Morgan fingerprint density at radius 2 is 1.88 bits per heavy atom. The Hall–Kier alpha value is -1.89. The lowest BCUT2D eigenvalue weighted by Gasteiger charge is -2.01. The fraction of sp³-hybridized carbons (Fsp3) is 0. The number of aromatic carboxylic acids is 1. The van der Waals surface area contributed by atoms with Crippen LogP contribution in [0.5, 0.6) is 0 Å². The van der Waals surface area contributed by atoms with Crippen molar-refractivity contribution < 1.29 is 23.1 Å². The Bertz CT molecular complexity index is 597. The summed E-state index contributed by atoms with van der Waals surface area (Å²) in [5.41, 5.74) is -0.990. The van der Waals surface area contributed by atoms with Crippen LogP contribution in [-0.4, -0.2) is 16.1 Å². The van der Waals surface area contributed by atoms with Gasteiger partial charge in [0, 0.05) is 5.38 Å². The predicted molar refractivity (Wildman–Crippen MR) is 54.4 cm³/mol. The van der Waals surface area contributed by atoms with Gasteiger partial charge in [0.25, 0.3) is 0 Å². The average molecular weight is 259 g/mol. The van der Waals surface area contributed by atoms with Gasteiger partial charge >= 0.3 is 5.97 Å². The maximum Gasteiger partial charge on any atom is 0.355 e. The van der Waals surface area contributed by atoms with Gasteiger partial charge in [-0.15, -0.1) is 11.3 Å². The van der Waals surface area contributed by atoms with Gasteiger partial charge in [-0.25, -0.2) is 22.9 Å². The first-order chi connectivity index (χ1) is 8.00. The molecule has 0 unspecified atom stereocenters. The van der Waals surface area contributed by atoms with Crippen molar-refractivity contribution in [2.75, 3.05) is 0 Å². The third kappa shape index (κ3) is 2.01. The first-order valence-electron chi connectivity index (χ1n) is 4.33. The molecule has 0 aliphatic carbocycles. The van der Waals surface area contributed by atoms with Crippen LogP contribution in [-0.2, 0) is 0 Å². The van der Waals surface area contributed by atoms with Crippen molar-refractivity contribution in [2.24, 2.45) is 0 Å². The molecule has 0 spiro atoms. The summed E-state index contributed by atoms with van der Waals surface area (Å²) in [7, 11) is 0. The zero-order valence-corrected chi connectivity index (χ0v) is 8.89. The molecule has 1 heterocycles. The molecule has 0 aliphatic heterocycles. The molecule has 7 heteroatoms. The van der Waals surface area contributed by atoms with E-state index >= 15 is 0 Å². The number of benzene rings is 1. The average Bonchev–Trinajstić information content (AvgIpc) is 2.73. The van der Waals surface area contributed by atoms with Gasteiger partial charge in [0.15, 0.2) is 17.3 Å². The molecule has 0 bridgehead atoms.